The normalized spacial score (nSPS) is 24.2. The zero-order valence-corrected chi connectivity index (χ0v) is 20.8. The van der Waals surface area contributed by atoms with Crippen LogP contribution >= 0.6 is 0 Å². The van der Waals surface area contributed by atoms with Crippen molar-refractivity contribution >= 4 is 34.9 Å². The van der Waals surface area contributed by atoms with Crippen LogP contribution in [-0.2, 0) is 10.2 Å². The number of rotatable bonds is 4. The number of ketones is 2. The van der Waals surface area contributed by atoms with Gasteiger partial charge in [-0.2, -0.15) is 0 Å². The van der Waals surface area contributed by atoms with E-state index < -0.39 is 29.2 Å². The van der Waals surface area contributed by atoms with Crippen molar-refractivity contribution in [2.75, 3.05) is 10.2 Å². The van der Waals surface area contributed by atoms with Crippen molar-refractivity contribution < 1.29 is 18.8 Å². The molecule has 7 rings (SSSR count). The van der Waals surface area contributed by atoms with Crippen LogP contribution in [0.2, 0.25) is 0 Å². The molecule has 3 aliphatic rings. The molecule has 190 valence electrons. The molecule has 0 radical (unpaired) electrons. The van der Waals surface area contributed by atoms with E-state index in [-0.39, 0.29) is 23.0 Å². The van der Waals surface area contributed by atoms with Crippen LogP contribution in [0.5, 0.6) is 0 Å². The minimum absolute atomic E-state index is 0.250. The van der Waals surface area contributed by atoms with Crippen LogP contribution in [0.1, 0.15) is 31.8 Å². The van der Waals surface area contributed by atoms with Crippen molar-refractivity contribution in [3.8, 4) is 0 Å². The van der Waals surface area contributed by atoms with E-state index in [1.807, 2.05) is 71.6 Å². The Labute approximate surface area is 224 Å². The number of carbonyl (C=O) groups is 3. The fourth-order valence-electron chi connectivity index (χ4n) is 6.69. The zero-order chi connectivity index (χ0) is 26.7. The minimum Gasteiger partial charge on any atom is -0.352 e. The number of fused-ring (bicyclic) bond motifs is 6. The maximum atomic E-state index is 14.6. The quantitative estimate of drug-likeness (QED) is 0.356. The van der Waals surface area contributed by atoms with Gasteiger partial charge in [0.25, 0.3) is 0 Å². The zero-order valence-electron chi connectivity index (χ0n) is 20.8. The monoisotopic (exact) mass is 514 g/mol. The van der Waals surface area contributed by atoms with Gasteiger partial charge in [0.15, 0.2) is 11.6 Å². The van der Waals surface area contributed by atoms with Crippen LogP contribution < -0.4 is 10.2 Å². The maximum Gasteiger partial charge on any atom is 0.238 e. The molecule has 5 nitrogen and oxygen atoms in total. The molecular formula is C33H23FN2O3. The lowest BCUT2D eigenvalue weighted by molar-refractivity contribution is -0.121. The average Bonchev–Trinajstić information content (AvgIpc) is 3.45. The predicted molar refractivity (Wildman–Crippen MR) is 147 cm³/mol. The van der Waals surface area contributed by atoms with E-state index in [0.29, 0.717) is 16.8 Å². The Kier molecular flexibility index (Phi) is 5.13. The molecule has 0 unspecified atom stereocenters. The summed E-state index contributed by atoms with van der Waals surface area (Å²) in [5.74, 6) is -2.51. The number of benzene rings is 4. The first-order valence-corrected chi connectivity index (χ1v) is 12.9. The van der Waals surface area contributed by atoms with E-state index >= 15 is 0 Å². The molecule has 0 aliphatic carbocycles. The summed E-state index contributed by atoms with van der Waals surface area (Å²) in [7, 11) is 0. The molecule has 4 aromatic carbocycles. The number of amides is 1. The van der Waals surface area contributed by atoms with Crippen molar-refractivity contribution in [3.05, 3.63) is 137 Å². The number of hydrogen-bond donors (Lipinski definition) is 1. The highest BCUT2D eigenvalue weighted by Crippen LogP contribution is 2.58. The smallest absolute Gasteiger partial charge is 0.238 e. The molecule has 1 saturated heterocycles. The predicted octanol–water partition coefficient (Wildman–Crippen LogP) is 5.68. The summed E-state index contributed by atoms with van der Waals surface area (Å²) in [4.78, 5) is 45.2. The standard InChI is InChI=1S/C33H23FN2O3/c34-23-17-14-22(15-18-23)30(37)28-29(31(38)21-9-2-1-3-10-21)36-26-13-7-4-8-20(26)16-19-27(36)33(28)24-11-5-6-12-25(24)35-32(33)39/h1-19,27-29H,(H,35,39)/t27-,28+,29-,33+/m0/s1. The number of carbonyl (C=O) groups excluding carboxylic acids is 3. The molecule has 3 heterocycles. The van der Waals surface area contributed by atoms with Crippen molar-refractivity contribution in [1.29, 1.82) is 0 Å². The van der Waals surface area contributed by atoms with Gasteiger partial charge in [0.1, 0.15) is 17.3 Å². The number of hydrogen-bond acceptors (Lipinski definition) is 4. The van der Waals surface area contributed by atoms with E-state index in [4.69, 9.17) is 0 Å². The molecule has 0 aromatic heterocycles. The van der Waals surface area contributed by atoms with Gasteiger partial charge in [-0.1, -0.05) is 78.9 Å². The summed E-state index contributed by atoms with van der Waals surface area (Å²) in [5, 5.41) is 3.01. The molecule has 1 N–H and O–H groups in total. The Morgan fingerprint density at radius 2 is 1.44 bits per heavy atom. The number of nitrogens with one attached hydrogen (secondary N) is 1. The summed E-state index contributed by atoms with van der Waals surface area (Å²) in [6, 6.07) is 27.6. The maximum absolute atomic E-state index is 14.6. The van der Waals surface area contributed by atoms with Gasteiger partial charge in [0, 0.05) is 22.5 Å². The Morgan fingerprint density at radius 1 is 0.769 bits per heavy atom. The first kappa shape index (κ1) is 23.3. The fraction of sp³-hybridized carbons (Fsp3) is 0.121. The average molecular weight is 515 g/mol. The van der Waals surface area contributed by atoms with Gasteiger partial charge in [0.05, 0.1) is 12.0 Å². The van der Waals surface area contributed by atoms with Crippen molar-refractivity contribution in [3.63, 3.8) is 0 Å². The van der Waals surface area contributed by atoms with Gasteiger partial charge in [-0.15, -0.1) is 0 Å². The third kappa shape index (κ3) is 3.21. The number of halogens is 1. The van der Waals surface area contributed by atoms with Crippen LogP contribution in [-0.4, -0.2) is 29.6 Å². The molecule has 4 aromatic rings. The Morgan fingerprint density at radius 3 is 2.23 bits per heavy atom. The lowest BCUT2D eigenvalue weighted by Gasteiger charge is -2.37. The van der Waals surface area contributed by atoms with Gasteiger partial charge in [-0.3, -0.25) is 14.4 Å². The van der Waals surface area contributed by atoms with Gasteiger partial charge in [-0.25, -0.2) is 4.39 Å². The summed E-state index contributed by atoms with van der Waals surface area (Å²) in [6.45, 7) is 0. The molecule has 39 heavy (non-hydrogen) atoms. The highest BCUT2D eigenvalue weighted by molar-refractivity contribution is 6.18. The fourth-order valence-corrected chi connectivity index (χ4v) is 6.69. The van der Waals surface area contributed by atoms with Crippen molar-refractivity contribution in [2.24, 2.45) is 5.92 Å². The Balaban J connectivity index is 1.54. The molecule has 6 heteroatoms. The number of nitrogens with zero attached hydrogens (tertiary/aromatic N) is 1. The van der Waals surface area contributed by atoms with E-state index in [1.165, 1.54) is 24.3 Å². The second-order valence-corrected chi connectivity index (χ2v) is 10.2. The van der Waals surface area contributed by atoms with Gasteiger partial charge >= 0.3 is 0 Å². The molecule has 1 spiro atoms. The van der Waals surface area contributed by atoms with Gasteiger partial charge in [-0.05, 0) is 47.5 Å². The lowest BCUT2D eigenvalue weighted by atomic mass is 9.64. The van der Waals surface area contributed by atoms with Crippen molar-refractivity contribution in [2.45, 2.75) is 17.5 Å². The molecule has 0 bridgehead atoms. The van der Waals surface area contributed by atoms with E-state index in [2.05, 4.69) is 5.32 Å². The van der Waals surface area contributed by atoms with E-state index in [0.717, 1.165) is 11.3 Å². The highest BCUT2D eigenvalue weighted by atomic mass is 19.1. The number of Topliss-reactive ketones (excluding diaryl/α,β-unsaturated/α-hetero) is 2. The Hall–Kier alpha value is -4.84. The summed E-state index contributed by atoms with van der Waals surface area (Å²) in [6.07, 6.45) is 3.90. The number of para-hydroxylation sites is 2. The minimum atomic E-state index is -1.39. The molecule has 4 atom stereocenters. The molecule has 0 saturated carbocycles. The van der Waals surface area contributed by atoms with Gasteiger partial charge in [0.2, 0.25) is 5.91 Å². The van der Waals surface area contributed by atoms with E-state index in [1.54, 1.807) is 24.3 Å². The third-order valence-corrected chi connectivity index (χ3v) is 8.28. The lowest BCUT2D eigenvalue weighted by Crippen LogP contribution is -2.51. The van der Waals surface area contributed by atoms with Crippen LogP contribution in [0.4, 0.5) is 15.8 Å². The SMILES string of the molecule is O=C(c1ccccc1)[C@@H]1[C@H](C(=O)c2ccc(F)cc2)[C@]2(C(=O)Nc3ccccc32)[C@@H]2C=Cc3ccccc3N12. The summed E-state index contributed by atoms with van der Waals surface area (Å²) >= 11 is 0. The molecule has 1 fully saturated rings. The van der Waals surface area contributed by atoms with E-state index in [9.17, 15) is 18.8 Å². The largest absolute Gasteiger partial charge is 0.352 e. The second-order valence-electron chi connectivity index (χ2n) is 10.2. The van der Waals surface area contributed by atoms with Gasteiger partial charge < -0.3 is 10.2 Å². The second kappa shape index (κ2) is 8.60. The topological polar surface area (TPSA) is 66.5 Å². The first-order valence-electron chi connectivity index (χ1n) is 12.9. The highest BCUT2D eigenvalue weighted by Gasteiger charge is 2.70. The third-order valence-electron chi connectivity index (χ3n) is 8.28. The Bertz CT molecular complexity index is 1680. The van der Waals surface area contributed by atoms with Crippen molar-refractivity contribution in [1.82, 2.24) is 0 Å². The first-order chi connectivity index (χ1) is 19.0. The summed E-state index contributed by atoms with van der Waals surface area (Å²) < 4.78 is 13.9. The van der Waals surface area contributed by atoms with Crippen LogP contribution in [0.3, 0.4) is 0 Å². The summed E-state index contributed by atoms with van der Waals surface area (Å²) in [5.41, 5.74) is 2.30. The molecule has 1 amide bonds. The number of anilines is 2. The van der Waals surface area contributed by atoms with Crippen LogP contribution in [0, 0.1) is 11.7 Å². The molecule has 3 aliphatic heterocycles. The van der Waals surface area contributed by atoms with Crippen LogP contribution in [0.15, 0.2) is 109 Å². The molecular weight excluding hydrogens is 491 g/mol. The van der Waals surface area contributed by atoms with Crippen LogP contribution in [0.25, 0.3) is 6.08 Å².